The van der Waals surface area contributed by atoms with E-state index in [1.54, 1.807) is 23.9 Å². The molecule has 2 rings (SSSR count). The minimum atomic E-state index is 0.451. The maximum Gasteiger partial charge on any atom is 0.170 e. The van der Waals surface area contributed by atoms with Crippen molar-refractivity contribution >= 4 is 46.5 Å². The quantitative estimate of drug-likeness (QED) is 0.636. The molecule has 15 heavy (non-hydrogen) atoms. The summed E-state index contributed by atoms with van der Waals surface area (Å²) in [4.78, 5) is 8.19. The normalized spacial score (nSPS) is 10.5. The van der Waals surface area contributed by atoms with Crippen LogP contribution in [0.15, 0.2) is 22.8 Å². The topological polar surface area (TPSA) is 38.7 Å². The van der Waals surface area contributed by atoms with Gasteiger partial charge in [0.05, 0.1) is 10.7 Å². The van der Waals surface area contributed by atoms with E-state index in [4.69, 9.17) is 23.2 Å². The summed E-state index contributed by atoms with van der Waals surface area (Å²) in [6, 6.07) is 3.41. The van der Waals surface area contributed by atoms with Gasteiger partial charge in [-0.25, -0.2) is 9.97 Å². The maximum absolute atomic E-state index is 5.97. The van der Waals surface area contributed by atoms with Gasteiger partial charge in [0.1, 0.15) is 11.5 Å². The Kier molecular flexibility index (Phi) is 3.80. The second kappa shape index (κ2) is 5.12. The van der Waals surface area contributed by atoms with E-state index in [1.807, 2.05) is 0 Å². The predicted molar refractivity (Wildman–Crippen MR) is 63.7 cm³/mol. The van der Waals surface area contributed by atoms with E-state index < -0.39 is 0 Å². The van der Waals surface area contributed by atoms with Crippen LogP contribution in [-0.4, -0.2) is 14.3 Å². The van der Waals surface area contributed by atoms with Crippen molar-refractivity contribution in [2.24, 2.45) is 0 Å². The van der Waals surface area contributed by atoms with E-state index >= 15 is 0 Å². The van der Waals surface area contributed by atoms with Gasteiger partial charge in [-0.2, -0.15) is 4.37 Å². The molecule has 2 aromatic rings. The molecule has 0 atom stereocenters. The minimum Gasteiger partial charge on any atom is -0.239 e. The molecule has 7 heteroatoms. The molecular weight excluding hydrogens is 273 g/mol. The summed E-state index contributed by atoms with van der Waals surface area (Å²) in [5.74, 6) is 0.647. The number of thioether (sulfide) groups is 1. The highest BCUT2D eigenvalue weighted by Crippen LogP contribution is 2.26. The van der Waals surface area contributed by atoms with Gasteiger partial charge in [0.25, 0.3) is 0 Å². The number of rotatable bonds is 3. The molecule has 0 spiro atoms. The van der Waals surface area contributed by atoms with Gasteiger partial charge in [-0.05, 0) is 23.7 Å². The van der Waals surface area contributed by atoms with Gasteiger partial charge in [0, 0.05) is 5.75 Å². The number of halogens is 2. The van der Waals surface area contributed by atoms with E-state index in [0.717, 1.165) is 10.0 Å². The van der Waals surface area contributed by atoms with Gasteiger partial charge in [-0.3, -0.25) is 0 Å². The number of nitrogens with zero attached hydrogens (tertiary/aromatic N) is 3. The second-order valence-corrected chi connectivity index (χ2v) is 5.36. The minimum absolute atomic E-state index is 0.451. The van der Waals surface area contributed by atoms with Crippen molar-refractivity contribution < 1.29 is 0 Å². The van der Waals surface area contributed by atoms with Crippen LogP contribution >= 0.6 is 46.5 Å². The van der Waals surface area contributed by atoms with Crippen molar-refractivity contribution in [2.75, 3.05) is 0 Å². The van der Waals surface area contributed by atoms with Crippen LogP contribution in [0, 0.1) is 0 Å². The fourth-order valence-electron chi connectivity index (χ4n) is 0.916. The first-order chi connectivity index (χ1) is 7.25. The maximum atomic E-state index is 5.97. The van der Waals surface area contributed by atoms with Crippen molar-refractivity contribution in [3.05, 3.63) is 34.3 Å². The standard InChI is InChI=1S/C8H5Cl2N3S2/c9-5-1-2-7(10)13-6(5)3-14-8-11-4-12-15-8/h1-2,4H,3H2. The predicted octanol–water partition coefficient (Wildman–Crippen LogP) is 3.53. The van der Waals surface area contributed by atoms with E-state index in [1.165, 1.54) is 17.9 Å². The third kappa shape index (κ3) is 3.04. The first kappa shape index (κ1) is 11.1. The van der Waals surface area contributed by atoms with E-state index in [-0.39, 0.29) is 0 Å². The fraction of sp³-hybridized carbons (Fsp3) is 0.125. The van der Waals surface area contributed by atoms with Gasteiger partial charge < -0.3 is 0 Å². The van der Waals surface area contributed by atoms with Crippen molar-refractivity contribution in [1.29, 1.82) is 0 Å². The fourth-order valence-corrected chi connectivity index (χ4v) is 2.73. The van der Waals surface area contributed by atoms with Crippen molar-refractivity contribution in [3.63, 3.8) is 0 Å². The zero-order valence-corrected chi connectivity index (χ0v) is 10.5. The molecule has 0 bridgehead atoms. The molecule has 0 aliphatic heterocycles. The highest BCUT2D eigenvalue weighted by molar-refractivity contribution is 8.00. The Morgan fingerprint density at radius 2 is 2.20 bits per heavy atom. The molecule has 2 aromatic heterocycles. The first-order valence-corrected chi connectivity index (χ1v) is 6.47. The number of pyridine rings is 1. The molecule has 0 aromatic carbocycles. The van der Waals surface area contributed by atoms with Crippen LogP contribution < -0.4 is 0 Å². The Morgan fingerprint density at radius 1 is 1.33 bits per heavy atom. The average molecular weight is 278 g/mol. The van der Waals surface area contributed by atoms with E-state index in [2.05, 4.69) is 14.3 Å². The van der Waals surface area contributed by atoms with Crippen LogP contribution in [0.5, 0.6) is 0 Å². The van der Waals surface area contributed by atoms with Gasteiger partial charge >= 0.3 is 0 Å². The summed E-state index contributed by atoms with van der Waals surface area (Å²) in [5.41, 5.74) is 0.768. The molecule has 0 N–H and O–H groups in total. The Hall–Kier alpha value is -0.360. The molecule has 2 heterocycles. The molecular formula is C8H5Cl2N3S2. The monoisotopic (exact) mass is 277 g/mol. The SMILES string of the molecule is Clc1ccc(Cl)c(CSc2ncns2)n1. The van der Waals surface area contributed by atoms with E-state index in [0.29, 0.717) is 15.9 Å². The highest BCUT2D eigenvalue weighted by atomic mass is 35.5. The first-order valence-electron chi connectivity index (χ1n) is 3.96. The summed E-state index contributed by atoms with van der Waals surface area (Å²) in [6.45, 7) is 0. The van der Waals surface area contributed by atoms with Crippen LogP contribution in [-0.2, 0) is 5.75 Å². The lowest BCUT2D eigenvalue weighted by atomic mass is 10.4. The lowest BCUT2D eigenvalue weighted by Crippen LogP contribution is -1.88. The number of hydrogen-bond donors (Lipinski definition) is 0. The van der Waals surface area contributed by atoms with Crippen molar-refractivity contribution in [3.8, 4) is 0 Å². The zero-order chi connectivity index (χ0) is 10.7. The van der Waals surface area contributed by atoms with Gasteiger partial charge in [-0.15, -0.1) is 0 Å². The molecule has 0 saturated heterocycles. The molecule has 3 nitrogen and oxygen atoms in total. The van der Waals surface area contributed by atoms with Crippen molar-refractivity contribution in [1.82, 2.24) is 14.3 Å². The smallest absolute Gasteiger partial charge is 0.170 e. The third-order valence-corrected chi connectivity index (χ3v) is 3.92. The van der Waals surface area contributed by atoms with Gasteiger partial charge in [-0.1, -0.05) is 35.0 Å². The lowest BCUT2D eigenvalue weighted by molar-refractivity contribution is 1.16. The summed E-state index contributed by atoms with van der Waals surface area (Å²) < 4.78 is 4.80. The second-order valence-electron chi connectivity index (χ2n) is 2.56. The Labute approximate surface area is 105 Å². The molecule has 0 aliphatic rings. The average Bonchev–Trinajstić information content (AvgIpc) is 2.72. The molecule has 0 radical (unpaired) electrons. The van der Waals surface area contributed by atoms with Crippen LogP contribution in [0.4, 0.5) is 0 Å². The largest absolute Gasteiger partial charge is 0.239 e. The molecule has 0 fully saturated rings. The number of hydrogen-bond acceptors (Lipinski definition) is 5. The molecule has 78 valence electrons. The molecule has 0 aliphatic carbocycles. The summed E-state index contributed by atoms with van der Waals surface area (Å²) in [6.07, 6.45) is 1.53. The summed E-state index contributed by atoms with van der Waals surface area (Å²) in [7, 11) is 0. The number of aromatic nitrogens is 3. The summed E-state index contributed by atoms with van der Waals surface area (Å²) >= 11 is 14.6. The van der Waals surface area contributed by atoms with E-state index in [9.17, 15) is 0 Å². The van der Waals surface area contributed by atoms with Crippen LogP contribution in [0.1, 0.15) is 5.69 Å². The lowest BCUT2D eigenvalue weighted by Gasteiger charge is -2.01. The Balaban J connectivity index is 2.07. The zero-order valence-electron chi connectivity index (χ0n) is 7.35. The van der Waals surface area contributed by atoms with Crippen molar-refractivity contribution in [2.45, 2.75) is 10.1 Å². The third-order valence-electron chi connectivity index (χ3n) is 1.56. The van der Waals surface area contributed by atoms with Crippen LogP contribution in [0.2, 0.25) is 10.2 Å². The Morgan fingerprint density at radius 3 is 2.93 bits per heavy atom. The van der Waals surface area contributed by atoms with Gasteiger partial charge in [0.15, 0.2) is 4.34 Å². The highest BCUT2D eigenvalue weighted by Gasteiger charge is 2.05. The summed E-state index contributed by atoms with van der Waals surface area (Å²) in [5, 5.41) is 1.07. The van der Waals surface area contributed by atoms with Gasteiger partial charge in [0.2, 0.25) is 0 Å². The van der Waals surface area contributed by atoms with Crippen LogP contribution in [0.25, 0.3) is 0 Å². The molecule has 0 amide bonds. The Bertz CT molecular complexity index is 447. The van der Waals surface area contributed by atoms with Crippen LogP contribution in [0.3, 0.4) is 0 Å². The molecule has 0 unspecified atom stereocenters. The molecule has 0 saturated carbocycles.